The molecule has 0 bridgehead atoms. The van der Waals surface area contributed by atoms with Gasteiger partial charge >= 0.3 is 0 Å². The molecule has 2 aromatic rings. The molecule has 0 saturated heterocycles. The molecule has 0 aliphatic rings. The van der Waals surface area contributed by atoms with Gasteiger partial charge in [-0.05, 0) is 36.2 Å². The van der Waals surface area contributed by atoms with Crippen molar-refractivity contribution in [3.8, 4) is 22.6 Å². The van der Waals surface area contributed by atoms with Crippen LogP contribution in [0.25, 0.3) is 11.1 Å². The van der Waals surface area contributed by atoms with Gasteiger partial charge in [-0.15, -0.1) is 0 Å². The summed E-state index contributed by atoms with van der Waals surface area (Å²) in [6, 6.07) is 7.64. The molecule has 2 N–H and O–H groups in total. The highest BCUT2D eigenvalue weighted by Gasteiger charge is 2.10. The van der Waals surface area contributed by atoms with Crippen LogP contribution in [-0.2, 0) is 0 Å². The summed E-state index contributed by atoms with van der Waals surface area (Å²) < 4.78 is 10.5. The third-order valence-electron chi connectivity index (χ3n) is 2.86. The Bertz CT molecular complexity index is 547. The number of ether oxygens (including phenoxy) is 2. The van der Waals surface area contributed by atoms with Crippen LogP contribution < -0.4 is 15.2 Å². The van der Waals surface area contributed by atoms with Gasteiger partial charge < -0.3 is 15.2 Å². The summed E-state index contributed by atoms with van der Waals surface area (Å²) >= 11 is 0. The first kappa shape index (κ1) is 12.2. The van der Waals surface area contributed by atoms with Gasteiger partial charge in [-0.2, -0.15) is 0 Å². The molecule has 0 fully saturated rings. The first-order chi connectivity index (χ1) is 8.67. The van der Waals surface area contributed by atoms with Gasteiger partial charge in [0.1, 0.15) is 5.82 Å². The largest absolute Gasteiger partial charge is 0.493 e. The molecule has 0 atom stereocenters. The molecule has 18 heavy (non-hydrogen) atoms. The van der Waals surface area contributed by atoms with Crippen LogP contribution >= 0.6 is 0 Å². The molecule has 1 heterocycles. The van der Waals surface area contributed by atoms with Crippen LogP contribution in [0.5, 0.6) is 11.5 Å². The van der Waals surface area contributed by atoms with Gasteiger partial charge in [0.25, 0.3) is 0 Å². The van der Waals surface area contributed by atoms with Crippen LogP contribution in [-0.4, -0.2) is 19.2 Å². The highest BCUT2D eigenvalue weighted by atomic mass is 16.5. The highest BCUT2D eigenvalue weighted by Crippen LogP contribution is 2.35. The first-order valence-electron chi connectivity index (χ1n) is 5.61. The predicted octanol–water partition coefficient (Wildman–Crippen LogP) is 2.66. The fraction of sp³-hybridized carbons (Fsp3) is 0.214. The summed E-state index contributed by atoms with van der Waals surface area (Å²) in [6.45, 7) is 2.00. The number of nitrogens with zero attached hydrogens (tertiary/aromatic N) is 1. The Morgan fingerprint density at radius 2 is 1.78 bits per heavy atom. The van der Waals surface area contributed by atoms with E-state index in [4.69, 9.17) is 15.2 Å². The summed E-state index contributed by atoms with van der Waals surface area (Å²) in [6.07, 6.45) is 1.70. The number of methoxy groups -OCH3 is 2. The Hall–Kier alpha value is -2.23. The first-order valence-corrected chi connectivity index (χ1v) is 5.61. The molecule has 94 valence electrons. The lowest BCUT2D eigenvalue weighted by atomic mass is 10.0. The zero-order valence-corrected chi connectivity index (χ0v) is 10.7. The average Bonchev–Trinajstić information content (AvgIpc) is 2.38. The molecule has 0 aliphatic heterocycles. The van der Waals surface area contributed by atoms with Crippen LogP contribution in [0.15, 0.2) is 30.5 Å². The second-order valence-corrected chi connectivity index (χ2v) is 3.96. The van der Waals surface area contributed by atoms with Gasteiger partial charge in [-0.3, -0.25) is 0 Å². The van der Waals surface area contributed by atoms with Crippen LogP contribution in [0.3, 0.4) is 0 Å². The fourth-order valence-electron chi connectivity index (χ4n) is 1.95. The number of pyridine rings is 1. The SMILES string of the molecule is COc1ccc(-c2c(C)ccnc2N)cc1OC. The quantitative estimate of drug-likeness (QED) is 0.901. The molecule has 0 radical (unpaired) electrons. The number of nitrogen functional groups attached to an aromatic ring is 1. The molecule has 0 aliphatic carbocycles. The standard InChI is InChI=1S/C14H16N2O2/c1-9-6-7-16-14(15)13(9)10-4-5-11(17-2)12(8-10)18-3/h4-8H,1-3H3,(H2,15,16). The smallest absolute Gasteiger partial charge is 0.161 e. The van der Waals surface area contributed by atoms with Crippen LogP contribution in [0.1, 0.15) is 5.56 Å². The fourth-order valence-corrected chi connectivity index (χ4v) is 1.95. The van der Waals surface area contributed by atoms with Crippen molar-refractivity contribution < 1.29 is 9.47 Å². The number of hydrogen-bond donors (Lipinski definition) is 1. The van der Waals surface area contributed by atoms with Crippen molar-refractivity contribution in [2.45, 2.75) is 6.92 Å². The van der Waals surface area contributed by atoms with Gasteiger partial charge in [-0.1, -0.05) is 6.07 Å². The predicted molar refractivity (Wildman–Crippen MR) is 71.9 cm³/mol. The Morgan fingerprint density at radius 1 is 1.06 bits per heavy atom. The van der Waals surface area contributed by atoms with Crippen molar-refractivity contribution in [2.75, 3.05) is 20.0 Å². The molecule has 0 unspecified atom stereocenters. The van der Waals surface area contributed by atoms with Crippen LogP contribution in [0.4, 0.5) is 5.82 Å². The number of hydrogen-bond acceptors (Lipinski definition) is 4. The number of aryl methyl sites for hydroxylation is 1. The van der Waals surface area contributed by atoms with Gasteiger partial charge in [-0.25, -0.2) is 4.98 Å². The Kier molecular flexibility index (Phi) is 3.37. The highest BCUT2D eigenvalue weighted by molar-refractivity contribution is 5.78. The van der Waals surface area contributed by atoms with E-state index >= 15 is 0 Å². The minimum Gasteiger partial charge on any atom is -0.493 e. The van der Waals surface area contributed by atoms with Crippen LogP contribution in [0.2, 0.25) is 0 Å². The summed E-state index contributed by atoms with van der Waals surface area (Å²) in [5.41, 5.74) is 8.91. The van der Waals surface area contributed by atoms with E-state index < -0.39 is 0 Å². The number of anilines is 1. The molecule has 0 amide bonds. The van der Waals surface area contributed by atoms with E-state index in [1.165, 1.54) is 0 Å². The van der Waals surface area contributed by atoms with Gasteiger partial charge in [0.15, 0.2) is 11.5 Å². The Labute approximate surface area is 106 Å². The Morgan fingerprint density at radius 3 is 2.39 bits per heavy atom. The number of rotatable bonds is 3. The summed E-state index contributed by atoms with van der Waals surface area (Å²) in [7, 11) is 3.22. The maximum Gasteiger partial charge on any atom is 0.161 e. The van der Waals surface area contributed by atoms with Gasteiger partial charge in [0.05, 0.1) is 14.2 Å². The monoisotopic (exact) mass is 244 g/mol. The number of benzene rings is 1. The van der Waals surface area contributed by atoms with E-state index in [0.717, 1.165) is 16.7 Å². The molecule has 1 aromatic carbocycles. The number of aromatic nitrogens is 1. The topological polar surface area (TPSA) is 57.4 Å². The summed E-state index contributed by atoms with van der Waals surface area (Å²) in [4.78, 5) is 4.12. The lowest BCUT2D eigenvalue weighted by Gasteiger charge is -2.12. The third kappa shape index (κ3) is 2.09. The molecule has 2 rings (SSSR count). The summed E-state index contributed by atoms with van der Waals surface area (Å²) in [5, 5.41) is 0. The third-order valence-corrected chi connectivity index (χ3v) is 2.86. The van der Waals surface area contributed by atoms with Crippen molar-refractivity contribution >= 4 is 5.82 Å². The van der Waals surface area contributed by atoms with Crippen molar-refractivity contribution in [3.05, 3.63) is 36.0 Å². The summed E-state index contributed by atoms with van der Waals surface area (Å²) in [5.74, 6) is 1.89. The second kappa shape index (κ2) is 4.96. The van der Waals surface area contributed by atoms with Crippen molar-refractivity contribution in [3.63, 3.8) is 0 Å². The molecule has 0 spiro atoms. The van der Waals surface area contributed by atoms with Gasteiger partial charge in [0, 0.05) is 11.8 Å². The lowest BCUT2D eigenvalue weighted by Crippen LogP contribution is -1.97. The maximum atomic E-state index is 5.93. The van der Waals surface area contributed by atoms with Crippen molar-refractivity contribution in [1.82, 2.24) is 4.98 Å². The lowest BCUT2D eigenvalue weighted by molar-refractivity contribution is 0.355. The minimum absolute atomic E-state index is 0.516. The minimum atomic E-state index is 0.516. The zero-order chi connectivity index (χ0) is 13.1. The molecular formula is C14H16N2O2. The van der Waals surface area contributed by atoms with E-state index in [-0.39, 0.29) is 0 Å². The van der Waals surface area contributed by atoms with Gasteiger partial charge in [0.2, 0.25) is 0 Å². The maximum absolute atomic E-state index is 5.93. The molecule has 4 heteroatoms. The number of nitrogens with two attached hydrogens (primary N) is 1. The Balaban J connectivity index is 2.58. The average molecular weight is 244 g/mol. The van der Waals surface area contributed by atoms with E-state index in [9.17, 15) is 0 Å². The van der Waals surface area contributed by atoms with E-state index in [0.29, 0.717) is 17.3 Å². The second-order valence-electron chi connectivity index (χ2n) is 3.96. The molecule has 1 aromatic heterocycles. The van der Waals surface area contributed by atoms with E-state index in [1.807, 2.05) is 31.2 Å². The molecule has 0 saturated carbocycles. The molecular weight excluding hydrogens is 228 g/mol. The van der Waals surface area contributed by atoms with Crippen molar-refractivity contribution in [1.29, 1.82) is 0 Å². The van der Waals surface area contributed by atoms with Crippen LogP contribution in [0, 0.1) is 6.92 Å². The van der Waals surface area contributed by atoms with E-state index in [2.05, 4.69) is 4.98 Å². The normalized spacial score (nSPS) is 10.2. The van der Waals surface area contributed by atoms with Crippen molar-refractivity contribution in [2.24, 2.45) is 0 Å². The zero-order valence-electron chi connectivity index (χ0n) is 10.7. The van der Waals surface area contributed by atoms with E-state index in [1.54, 1.807) is 20.4 Å². The molecule has 4 nitrogen and oxygen atoms in total.